The van der Waals surface area contributed by atoms with Gasteiger partial charge < -0.3 is 10.5 Å². The van der Waals surface area contributed by atoms with Gasteiger partial charge in [0.05, 0.1) is 10.6 Å². The van der Waals surface area contributed by atoms with Crippen molar-refractivity contribution in [3.8, 4) is 0 Å². The number of hydrogen-bond acceptors (Lipinski definition) is 4. The molecule has 1 heterocycles. The van der Waals surface area contributed by atoms with Crippen molar-refractivity contribution in [1.82, 2.24) is 4.72 Å². The normalized spacial score (nSPS) is 19.4. The van der Waals surface area contributed by atoms with Crippen LogP contribution in [0.5, 0.6) is 0 Å². The molecule has 0 amide bonds. The third-order valence-corrected chi connectivity index (χ3v) is 5.63. The highest BCUT2D eigenvalue weighted by Crippen LogP contribution is 2.26. The number of halogens is 2. The Balaban J connectivity index is 2.04. The number of nitrogen functional groups attached to an aromatic ring is 1. The standard InChI is InChI=1S/C12H16BrFN2O3S/c13-9-5-10(14)11(15)6-12(9)20(17,18)16-3-1-8-2-4-19-7-8/h5-6,8,16H,1-4,7,15H2. The Morgan fingerprint density at radius 1 is 1.50 bits per heavy atom. The number of nitrogens with two attached hydrogens (primary N) is 1. The first-order valence-corrected chi connectivity index (χ1v) is 8.49. The van der Waals surface area contributed by atoms with Gasteiger partial charge in [-0.15, -0.1) is 0 Å². The van der Waals surface area contributed by atoms with Gasteiger partial charge in [0.15, 0.2) is 0 Å². The highest BCUT2D eigenvalue weighted by atomic mass is 79.9. The maximum atomic E-state index is 13.2. The van der Waals surface area contributed by atoms with Gasteiger partial charge >= 0.3 is 0 Å². The fourth-order valence-electron chi connectivity index (χ4n) is 2.04. The number of ether oxygens (including phenoxy) is 1. The lowest BCUT2D eigenvalue weighted by Gasteiger charge is -2.11. The SMILES string of the molecule is Nc1cc(S(=O)(=O)NCCC2CCOC2)c(Br)cc1F. The minimum Gasteiger partial charge on any atom is -0.396 e. The number of sulfonamides is 1. The molecule has 0 bridgehead atoms. The lowest BCUT2D eigenvalue weighted by Crippen LogP contribution is -2.26. The quantitative estimate of drug-likeness (QED) is 0.779. The van der Waals surface area contributed by atoms with Gasteiger partial charge in [0.1, 0.15) is 5.82 Å². The second-order valence-electron chi connectivity index (χ2n) is 4.72. The first kappa shape index (κ1) is 15.7. The van der Waals surface area contributed by atoms with Crippen LogP contribution in [0.25, 0.3) is 0 Å². The molecule has 20 heavy (non-hydrogen) atoms. The average molecular weight is 367 g/mol. The summed E-state index contributed by atoms with van der Waals surface area (Å²) in [5.41, 5.74) is 5.21. The molecular weight excluding hydrogens is 351 g/mol. The van der Waals surface area contributed by atoms with Crippen molar-refractivity contribution >= 4 is 31.6 Å². The maximum Gasteiger partial charge on any atom is 0.241 e. The summed E-state index contributed by atoms with van der Waals surface area (Å²) in [6.07, 6.45) is 1.67. The van der Waals surface area contributed by atoms with Crippen molar-refractivity contribution in [2.24, 2.45) is 5.92 Å². The molecule has 1 aliphatic heterocycles. The molecule has 1 aliphatic rings. The van der Waals surface area contributed by atoms with Crippen LogP contribution in [0.1, 0.15) is 12.8 Å². The van der Waals surface area contributed by atoms with Gasteiger partial charge in [0.25, 0.3) is 0 Å². The third-order valence-electron chi connectivity index (χ3n) is 3.21. The van der Waals surface area contributed by atoms with Gasteiger partial charge in [0, 0.05) is 24.2 Å². The van der Waals surface area contributed by atoms with Crippen molar-refractivity contribution < 1.29 is 17.5 Å². The van der Waals surface area contributed by atoms with E-state index in [1.165, 1.54) is 0 Å². The van der Waals surface area contributed by atoms with E-state index in [0.717, 1.165) is 25.2 Å². The van der Waals surface area contributed by atoms with Crippen LogP contribution in [0.2, 0.25) is 0 Å². The number of anilines is 1. The van der Waals surface area contributed by atoms with Gasteiger partial charge in [-0.2, -0.15) is 0 Å². The molecule has 1 unspecified atom stereocenters. The molecule has 8 heteroatoms. The summed E-state index contributed by atoms with van der Waals surface area (Å²) < 4.78 is 45.4. The van der Waals surface area contributed by atoms with E-state index in [1.54, 1.807) is 0 Å². The van der Waals surface area contributed by atoms with Crippen molar-refractivity contribution in [3.05, 3.63) is 22.4 Å². The van der Waals surface area contributed by atoms with Crippen molar-refractivity contribution in [1.29, 1.82) is 0 Å². The molecule has 0 radical (unpaired) electrons. The largest absolute Gasteiger partial charge is 0.396 e. The zero-order valence-corrected chi connectivity index (χ0v) is 13.1. The first-order valence-electron chi connectivity index (χ1n) is 6.22. The molecule has 1 aromatic carbocycles. The van der Waals surface area contributed by atoms with Crippen LogP contribution in [0.4, 0.5) is 10.1 Å². The van der Waals surface area contributed by atoms with Crippen LogP contribution in [-0.4, -0.2) is 28.2 Å². The highest BCUT2D eigenvalue weighted by Gasteiger charge is 2.21. The molecule has 1 atom stereocenters. The Morgan fingerprint density at radius 3 is 2.90 bits per heavy atom. The van der Waals surface area contributed by atoms with E-state index in [1.807, 2.05) is 0 Å². The minimum absolute atomic E-state index is 0.0564. The number of benzene rings is 1. The smallest absolute Gasteiger partial charge is 0.241 e. The Kier molecular flexibility index (Phi) is 5.00. The molecule has 0 saturated carbocycles. The monoisotopic (exact) mass is 366 g/mol. The average Bonchev–Trinajstić information content (AvgIpc) is 2.86. The number of nitrogens with one attached hydrogen (secondary N) is 1. The van der Waals surface area contributed by atoms with Crippen molar-refractivity contribution in [2.75, 3.05) is 25.5 Å². The summed E-state index contributed by atoms with van der Waals surface area (Å²) >= 11 is 3.04. The van der Waals surface area contributed by atoms with Crippen LogP contribution < -0.4 is 10.5 Å². The summed E-state index contributed by atoms with van der Waals surface area (Å²) in [4.78, 5) is -0.0564. The Labute approximate surface area is 125 Å². The zero-order valence-electron chi connectivity index (χ0n) is 10.7. The Morgan fingerprint density at radius 2 is 2.25 bits per heavy atom. The van der Waals surface area contributed by atoms with E-state index in [2.05, 4.69) is 20.7 Å². The second-order valence-corrected chi connectivity index (χ2v) is 7.31. The topological polar surface area (TPSA) is 81.4 Å². The van der Waals surface area contributed by atoms with Crippen LogP contribution in [0, 0.1) is 11.7 Å². The molecular formula is C12H16BrFN2O3S. The lowest BCUT2D eigenvalue weighted by atomic mass is 10.1. The van der Waals surface area contributed by atoms with Crippen LogP contribution >= 0.6 is 15.9 Å². The first-order chi connectivity index (χ1) is 9.40. The Hall–Kier alpha value is -0.700. The summed E-state index contributed by atoms with van der Waals surface area (Å²) in [5, 5.41) is 0. The van der Waals surface area contributed by atoms with Gasteiger partial charge in [-0.1, -0.05) is 0 Å². The van der Waals surface area contributed by atoms with Gasteiger partial charge in [-0.25, -0.2) is 17.5 Å². The summed E-state index contributed by atoms with van der Waals surface area (Å²) in [6, 6.07) is 2.16. The molecule has 2 rings (SSSR count). The van der Waals surface area contributed by atoms with E-state index in [0.29, 0.717) is 25.5 Å². The van der Waals surface area contributed by atoms with Crippen LogP contribution in [0.3, 0.4) is 0 Å². The molecule has 1 aromatic rings. The highest BCUT2D eigenvalue weighted by molar-refractivity contribution is 9.10. The molecule has 0 aromatic heterocycles. The molecule has 1 fully saturated rings. The zero-order chi connectivity index (χ0) is 14.8. The van der Waals surface area contributed by atoms with E-state index in [-0.39, 0.29) is 15.1 Å². The van der Waals surface area contributed by atoms with E-state index in [9.17, 15) is 12.8 Å². The molecule has 0 spiro atoms. The van der Waals surface area contributed by atoms with Crippen LogP contribution in [0.15, 0.2) is 21.5 Å². The van der Waals surface area contributed by atoms with Gasteiger partial charge in [-0.3, -0.25) is 0 Å². The fourth-order valence-corrected chi connectivity index (χ4v) is 4.13. The Bertz CT molecular complexity index is 589. The molecule has 112 valence electrons. The van der Waals surface area contributed by atoms with Crippen LogP contribution in [-0.2, 0) is 14.8 Å². The summed E-state index contributed by atoms with van der Waals surface area (Å²) in [5.74, 6) is -0.265. The molecule has 1 saturated heterocycles. The molecule has 0 aliphatic carbocycles. The molecule has 3 N–H and O–H groups in total. The predicted molar refractivity (Wildman–Crippen MR) is 77.2 cm³/mol. The van der Waals surface area contributed by atoms with E-state index < -0.39 is 15.8 Å². The fraction of sp³-hybridized carbons (Fsp3) is 0.500. The van der Waals surface area contributed by atoms with E-state index in [4.69, 9.17) is 10.5 Å². The lowest BCUT2D eigenvalue weighted by molar-refractivity contribution is 0.184. The number of rotatable bonds is 5. The third kappa shape index (κ3) is 3.69. The maximum absolute atomic E-state index is 13.2. The van der Waals surface area contributed by atoms with Crippen molar-refractivity contribution in [2.45, 2.75) is 17.7 Å². The second kappa shape index (κ2) is 6.38. The predicted octanol–water partition coefficient (Wildman–Crippen LogP) is 1.88. The van der Waals surface area contributed by atoms with Gasteiger partial charge in [0.2, 0.25) is 10.0 Å². The summed E-state index contributed by atoms with van der Waals surface area (Å²) in [6.45, 7) is 1.73. The summed E-state index contributed by atoms with van der Waals surface area (Å²) in [7, 11) is -3.71. The number of hydrogen-bond donors (Lipinski definition) is 2. The molecule has 5 nitrogen and oxygen atoms in total. The minimum atomic E-state index is -3.71. The van der Waals surface area contributed by atoms with E-state index >= 15 is 0 Å². The van der Waals surface area contributed by atoms with Crippen molar-refractivity contribution in [3.63, 3.8) is 0 Å². The van der Waals surface area contributed by atoms with Gasteiger partial charge in [-0.05, 0) is 46.8 Å².